The quantitative estimate of drug-likeness (QED) is 0.532. The zero-order valence-electron chi connectivity index (χ0n) is 8.38. The van der Waals surface area contributed by atoms with Gasteiger partial charge in [-0.1, -0.05) is 0 Å². The first-order valence-corrected chi connectivity index (χ1v) is 4.88. The topological polar surface area (TPSA) is 74.2 Å². The van der Waals surface area contributed by atoms with Gasteiger partial charge in [0.1, 0.15) is 6.10 Å². The van der Waals surface area contributed by atoms with Gasteiger partial charge in [-0.05, 0) is 13.8 Å². The SMILES string of the molecule is CC1(C)O[C@H]2O[C@H]3[C@@H](OC(=O)[C@@H]3O)[C@@H]2O1. The van der Waals surface area contributed by atoms with Crippen molar-refractivity contribution in [3.05, 3.63) is 0 Å². The van der Waals surface area contributed by atoms with Crippen molar-refractivity contribution in [1.29, 1.82) is 0 Å². The molecule has 3 aliphatic heterocycles. The van der Waals surface area contributed by atoms with Crippen molar-refractivity contribution >= 4 is 5.97 Å². The Morgan fingerprint density at radius 1 is 1.20 bits per heavy atom. The van der Waals surface area contributed by atoms with Crippen LogP contribution < -0.4 is 0 Å². The summed E-state index contributed by atoms with van der Waals surface area (Å²) in [6.45, 7) is 3.52. The van der Waals surface area contributed by atoms with E-state index in [2.05, 4.69) is 0 Å². The summed E-state index contributed by atoms with van der Waals surface area (Å²) in [5.74, 6) is -1.39. The average molecular weight is 216 g/mol. The van der Waals surface area contributed by atoms with Crippen molar-refractivity contribution in [2.75, 3.05) is 0 Å². The van der Waals surface area contributed by atoms with Crippen LogP contribution in [-0.2, 0) is 23.7 Å². The largest absolute Gasteiger partial charge is 0.454 e. The van der Waals surface area contributed by atoms with Gasteiger partial charge >= 0.3 is 5.97 Å². The Balaban J connectivity index is 1.83. The van der Waals surface area contributed by atoms with Crippen LogP contribution in [0, 0.1) is 0 Å². The molecule has 3 fully saturated rings. The number of rotatable bonds is 0. The van der Waals surface area contributed by atoms with Gasteiger partial charge in [-0.3, -0.25) is 0 Å². The summed E-state index contributed by atoms with van der Waals surface area (Å²) in [6.07, 6.45) is -3.44. The normalized spacial score (nSPS) is 51.4. The molecule has 0 aromatic carbocycles. The van der Waals surface area contributed by atoms with Crippen molar-refractivity contribution in [3.8, 4) is 0 Å². The number of carbonyl (C=O) groups excluding carboxylic acids is 1. The number of fused-ring (bicyclic) bond motifs is 3. The lowest BCUT2D eigenvalue weighted by molar-refractivity contribution is -0.214. The van der Waals surface area contributed by atoms with Crippen LogP contribution in [0.2, 0.25) is 0 Å². The fourth-order valence-electron chi connectivity index (χ4n) is 2.23. The summed E-state index contributed by atoms with van der Waals surface area (Å²) in [5, 5.41) is 9.44. The number of hydrogen-bond acceptors (Lipinski definition) is 6. The molecule has 3 saturated heterocycles. The second-order valence-electron chi connectivity index (χ2n) is 4.42. The zero-order chi connectivity index (χ0) is 10.8. The van der Waals surface area contributed by atoms with Crippen molar-refractivity contribution < 1.29 is 28.8 Å². The summed E-state index contributed by atoms with van der Waals surface area (Å²) >= 11 is 0. The Kier molecular flexibility index (Phi) is 1.72. The van der Waals surface area contributed by atoms with Crippen LogP contribution in [0.25, 0.3) is 0 Å². The van der Waals surface area contributed by atoms with Crippen LogP contribution in [0.5, 0.6) is 0 Å². The van der Waals surface area contributed by atoms with Crippen molar-refractivity contribution in [2.24, 2.45) is 0 Å². The molecule has 6 heteroatoms. The maximum absolute atomic E-state index is 11.1. The highest BCUT2D eigenvalue weighted by molar-refractivity contribution is 5.78. The van der Waals surface area contributed by atoms with E-state index in [0.717, 1.165) is 0 Å². The van der Waals surface area contributed by atoms with E-state index in [1.807, 2.05) is 0 Å². The molecule has 0 aliphatic carbocycles. The lowest BCUT2D eigenvalue weighted by Gasteiger charge is -2.20. The minimum Gasteiger partial charge on any atom is -0.454 e. The third-order valence-corrected chi connectivity index (χ3v) is 2.83. The summed E-state index contributed by atoms with van der Waals surface area (Å²) in [5.41, 5.74) is 0. The van der Waals surface area contributed by atoms with Gasteiger partial charge in [0.05, 0.1) is 0 Å². The third-order valence-electron chi connectivity index (χ3n) is 2.83. The van der Waals surface area contributed by atoms with Gasteiger partial charge in [-0.2, -0.15) is 0 Å². The minimum atomic E-state index is -1.23. The highest BCUT2D eigenvalue weighted by Crippen LogP contribution is 2.42. The molecule has 0 aromatic rings. The predicted octanol–water partition coefficient (Wildman–Crippen LogP) is -0.851. The molecule has 0 aromatic heterocycles. The summed E-state index contributed by atoms with van der Waals surface area (Å²) in [6, 6.07) is 0. The highest BCUT2D eigenvalue weighted by Gasteiger charge is 2.62. The molecule has 1 N–H and O–H groups in total. The van der Waals surface area contributed by atoms with Gasteiger partial charge in [0.15, 0.2) is 30.4 Å². The lowest BCUT2D eigenvalue weighted by atomic mass is 10.1. The Morgan fingerprint density at radius 2 is 1.93 bits per heavy atom. The Hall–Kier alpha value is -0.690. The van der Waals surface area contributed by atoms with Gasteiger partial charge in [-0.15, -0.1) is 0 Å². The Bertz CT molecular complexity index is 314. The lowest BCUT2D eigenvalue weighted by Crippen LogP contribution is -2.35. The number of esters is 1. The summed E-state index contributed by atoms with van der Waals surface area (Å²) in [4.78, 5) is 11.1. The van der Waals surface area contributed by atoms with Gasteiger partial charge in [0.2, 0.25) is 0 Å². The van der Waals surface area contributed by atoms with Gasteiger partial charge in [0, 0.05) is 0 Å². The van der Waals surface area contributed by atoms with Gasteiger partial charge in [-0.25, -0.2) is 4.79 Å². The van der Waals surface area contributed by atoms with E-state index in [0.29, 0.717) is 0 Å². The monoisotopic (exact) mass is 216 g/mol. The first-order chi connectivity index (χ1) is 6.98. The number of carbonyl (C=O) groups is 1. The summed E-state index contributed by atoms with van der Waals surface area (Å²) < 4.78 is 21.4. The van der Waals surface area contributed by atoms with Crippen LogP contribution in [0.4, 0.5) is 0 Å². The van der Waals surface area contributed by atoms with E-state index in [9.17, 15) is 9.90 Å². The molecular formula is C9H12O6. The maximum atomic E-state index is 11.1. The molecule has 0 radical (unpaired) electrons. The van der Waals surface area contributed by atoms with E-state index in [-0.39, 0.29) is 0 Å². The van der Waals surface area contributed by atoms with Crippen LogP contribution >= 0.6 is 0 Å². The fourth-order valence-corrected chi connectivity index (χ4v) is 2.23. The van der Waals surface area contributed by atoms with E-state index >= 15 is 0 Å². The molecule has 0 bridgehead atoms. The number of aliphatic hydroxyl groups is 1. The molecule has 3 heterocycles. The summed E-state index contributed by atoms with van der Waals surface area (Å²) in [7, 11) is 0. The predicted molar refractivity (Wildman–Crippen MR) is 44.6 cm³/mol. The molecule has 84 valence electrons. The van der Waals surface area contributed by atoms with E-state index in [1.54, 1.807) is 13.8 Å². The van der Waals surface area contributed by atoms with Crippen molar-refractivity contribution in [3.63, 3.8) is 0 Å². The Labute approximate surface area is 86.1 Å². The molecule has 15 heavy (non-hydrogen) atoms. The maximum Gasteiger partial charge on any atom is 0.338 e. The highest BCUT2D eigenvalue weighted by atomic mass is 16.8. The molecule has 0 saturated carbocycles. The third kappa shape index (κ3) is 1.22. The molecular weight excluding hydrogens is 204 g/mol. The number of aliphatic hydroxyl groups excluding tert-OH is 1. The van der Waals surface area contributed by atoms with Crippen LogP contribution in [0.1, 0.15) is 13.8 Å². The van der Waals surface area contributed by atoms with Crippen LogP contribution in [0.3, 0.4) is 0 Å². The molecule has 3 aliphatic rings. The first kappa shape index (κ1) is 9.53. The number of ether oxygens (including phenoxy) is 4. The first-order valence-electron chi connectivity index (χ1n) is 4.88. The van der Waals surface area contributed by atoms with E-state index in [4.69, 9.17) is 18.9 Å². The Morgan fingerprint density at radius 3 is 2.67 bits per heavy atom. The van der Waals surface area contributed by atoms with Crippen LogP contribution in [-0.4, -0.2) is 47.6 Å². The molecule has 6 nitrogen and oxygen atoms in total. The second kappa shape index (κ2) is 2.70. The molecule has 3 rings (SSSR count). The smallest absolute Gasteiger partial charge is 0.338 e. The molecule has 0 spiro atoms. The molecule has 0 amide bonds. The molecule has 5 atom stereocenters. The van der Waals surface area contributed by atoms with Crippen LogP contribution in [0.15, 0.2) is 0 Å². The second-order valence-corrected chi connectivity index (χ2v) is 4.42. The fraction of sp³-hybridized carbons (Fsp3) is 0.889. The molecule has 0 unspecified atom stereocenters. The van der Waals surface area contributed by atoms with Crippen molar-refractivity contribution in [1.82, 2.24) is 0 Å². The van der Waals surface area contributed by atoms with Gasteiger partial charge in [0.25, 0.3) is 0 Å². The zero-order valence-corrected chi connectivity index (χ0v) is 8.38. The van der Waals surface area contributed by atoms with E-state index in [1.165, 1.54) is 0 Å². The van der Waals surface area contributed by atoms with E-state index < -0.39 is 42.5 Å². The van der Waals surface area contributed by atoms with Gasteiger partial charge < -0.3 is 24.1 Å². The number of hydrogen-bond donors (Lipinski definition) is 1. The minimum absolute atomic E-state index is 0.439. The standard InChI is InChI=1S/C9H12O6/c1-9(2)14-6-5-4(13-8(6)15-9)3(10)7(11)12-5/h3-6,8,10H,1-2H3/t3-,4-,5-,6+,8-/m1/s1. The van der Waals surface area contributed by atoms with Crippen molar-refractivity contribution in [2.45, 2.75) is 50.3 Å². The average Bonchev–Trinajstić information content (AvgIpc) is 2.66.